The molecule has 1 fully saturated rings. The highest BCUT2D eigenvalue weighted by atomic mass is 15.5. The van der Waals surface area contributed by atoms with E-state index in [2.05, 4.69) is 20.6 Å². The Morgan fingerprint density at radius 2 is 2.08 bits per heavy atom. The number of hydrogen-bond acceptors (Lipinski definition) is 4. The number of hydrogen-bond donors (Lipinski definition) is 2. The minimum Gasteiger partial charge on any atom is -0.321 e. The van der Waals surface area contributed by atoms with E-state index in [9.17, 15) is 0 Å². The van der Waals surface area contributed by atoms with Gasteiger partial charge in [-0.1, -0.05) is 19.3 Å². The van der Waals surface area contributed by atoms with Crippen LogP contribution in [0.15, 0.2) is 0 Å². The van der Waals surface area contributed by atoms with Crippen LogP contribution in [0.4, 0.5) is 0 Å². The number of nitrogens with one attached hydrogen (secondary N) is 1. The molecule has 0 unspecified atom stereocenters. The van der Waals surface area contributed by atoms with Gasteiger partial charge in [0.15, 0.2) is 5.82 Å². The fourth-order valence-corrected chi connectivity index (χ4v) is 2.02. The van der Waals surface area contributed by atoms with Crippen molar-refractivity contribution in [1.82, 2.24) is 20.6 Å². The Bertz CT molecular complexity index is 239. The van der Waals surface area contributed by atoms with E-state index < -0.39 is 0 Å². The van der Waals surface area contributed by atoms with Gasteiger partial charge in [-0.05, 0) is 29.2 Å². The van der Waals surface area contributed by atoms with Crippen molar-refractivity contribution in [3.8, 4) is 0 Å². The molecule has 0 aliphatic heterocycles. The van der Waals surface area contributed by atoms with Gasteiger partial charge < -0.3 is 5.73 Å². The van der Waals surface area contributed by atoms with Gasteiger partial charge in [0.25, 0.3) is 0 Å². The van der Waals surface area contributed by atoms with Crippen LogP contribution < -0.4 is 5.73 Å². The largest absolute Gasteiger partial charge is 0.321 e. The van der Waals surface area contributed by atoms with Gasteiger partial charge in [0, 0.05) is 0 Å². The molecule has 0 radical (unpaired) electrons. The molecule has 5 nitrogen and oxygen atoms in total. The topological polar surface area (TPSA) is 80.5 Å². The minimum atomic E-state index is -0.00435. The second-order valence-corrected chi connectivity index (χ2v) is 3.71. The molecule has 1 saturated carbocycles. The lowest BCUT2D eigenvalue weighted by atomic mass is 9.84. The van der Waals surface area contributed by atoms with Gasteiger partial charge in [0.1, 0.15) is 0 Å². The number of aromatic nitrogens is 4. The maximum Gasteiger partial charge on any atom is 0.165 e. The molecule has 72 valence electrons. The molecule has 1 heterocycles. The molecule has 1 aromatic heterocycles. The molecule has 0 bridgehead atoms. The molecular weight excluding hydrogens is 166 g/mol. The summed E-state index contributed by atoms with van der Waals surface area (Å²) >= 11 is 0. The molecule has 1 aliphatic rings. The Kier molecular flexibility index (Phi) is 2.54. The molecule has 0 aromatic carbocycles. The Morgan fingerprint density at radius 3 is 2.69 bits per heavy atom. The highest BCUT2D eigenvalue weighted by Crippen LogP contribution is 2.31. The average Bonchev–Trinajstić information content (AvgIpc) is 2.71. The Morgan fingerprint density at radius 1 is 1.31 bits per heavy atom. The SMILES string of the molecule is N[C@H](c1nnn[nH]1)C1CCCCC1. The lowest BCUT2D eigenvalue weighted by molar-refractivity contribution is 0.301. The van der Waals surface area contributed by atoms with E-state index in [1.54, 1.807) is 0 Å². The maximum absolute atomic E-state index is 6.04. The first-order valence-corrected chi connectivity index (χ1v) is 4.87. The van der Waals surface area contributed by atoms with Gasteiger partial charge in [-0.2, -0.15) is 0 Å². The summed E-state index contributed by atoms with van der Waals surface area (Å²) in [6.45, 7) is 0. The Hall–Kier alpha value is -0.970. The Balaban J connectivity index is 1.99. The fourth-order valence-electron chi connectivity index (χ4n) is 2.02. The van der Waals surface area contributed by atoms with Crippen molar-refractivity contribution in [2.45, 2.75) is 38.1 Å². The molecule has 1 atom stereocenters. The van der Waals surface area contributed by atoms with Crippen LogP contribution in [0, 0.1) is 5.92 Å². The number of nitrogens with zero attached hydrogens (tertiary/aromatic N) is 3. The third-order valence-electron chi connectivity index (χ3n) is 2.84. The summed E-state index contributed by atoms with van der Waals surface area (Å²) in [5.41, 5.74) is 6.04. The molecule has 3 N–H and O–H groups in total. The van der Waals surface area contributed by atoms with Gasteiger partial charge in [0.2, 0.25) is 0 Å². The lowest BCUT2D eigenvalue weighted by Crippen LogP contribution is -2.24. The molecule has 1 aromatic rings. The quantitative estimate of drug-likeness (QED) is 0.706. The van der Waals surface area contributed by atoms with Gasteiger partial charge in [-0.3, -0.25) is 0 Å². The summed E-state index contributed by atoms with van der Waals surface area (Å²) in [6.07, 6.45) is 6.35. The highest BCUT2D eigenvalue weighted by molar-refractivity contribution is 4.91. The molecule has 5 heteroatoms. The predicted molar refractivity (Wildman–Crippen MR) is 47.7 cm³/mol. The number of aromatic amines is 1. The maximum atomic E-state index is 6.04. The zero-order valence-electron chi connectivity index (χ0n) is 7.61. The van der Waals surface area contributed by atoms with E-state index in [0.29, 0.717) is 5.92 Å². The van der Waals surface area contributed by atoms with E-state index in [1.807, 2.05) is 0 Å². The van der Waals surface area contributed by atoms with Crippen molar-refractivity contribution in [3.05, 3.63) is 5.82 Å². The van der Waals surface area contributed by atoms with Gasteiger partial charge in [-0.15, -0.1) is 5.10 Å². The minimum absolute atomic E-state index is 0.00435. The second-order valence-electron chi connectivity index (χ2n) is 3.71. The third kappa shape index (κ3) is 1.85. The molecule has 0 saturated heterocycles. The standard InChI is InChI=1S/C8H15N5/c9-7(8-10-12-13-11-8)6-4-2-1-3-5-6/h6-7H,1-5,9H2,(H,10,11,12,13)/t7-/m0/s1. The third-order valence-corrected chi connectivity index (χ3v) is 2.84. The predicted octanol–water partition coefficient (Wildman–Crippen LogP) is 0.780. The second kappa shape index (κ2) is 3.83. The number of H-pyrrole nitrogens is 1. The fraction of sp³-hybridized carbons (Fsp3) is 0.875. The van der Waals surface area contributed by atoms with Crippen molar-refractivity contribution < 1.29 is 0 Å². The molecule has 0 spiro atoms. The lowest BCUT2D eigenvalue weighted by Gasteiger charge is -2.25. The van der Waals surface area contributed by atoms with Crippen LogP contribution >= 0.6 is 0 Å². The summed E-state index contributed by atoms with van der Waals surface area (Å²) < 4.78 is 0. The molecule has 13 heavy (non-hydrogen) atoms. The first-order valence-electron chi connectivity index (χ1n) is 4.87. The van der Waals surface area contributed by atoms with E-state index >= 15 is 0 Å². The zero-order chi connectivity index (χ0) is 9.10. The van der Waals surface area contributed by atoms with Crippen LogP contribution in [0.5, 0.6) is 0 Å². The first kappa shape index (κ1) is 8.62. The van der Waals surface area contributed by atoms with Crippen LogP contribution in [0.25, 0.3) is 0 Å². The van der Waals surface area contributed by atoms with Crippen LogP contribution in [-0.2, 0) is 0 Å². The van der Waals surface area contributed by atoms with E-state index in [0.717, 1.165) is 5.82 Å². The smallest absolute Gasteiger partial charge is 0.165 e. The van der Waals surface area contributed by atoms with Gasteiger partial charge in [-0.25, -0.2) is 5.10 Å². The van der Waals surface area contributed by atoms with Crippen molar-refractivity contribution in [1.29, 1.82) is 0 Å². The van der Waals surface area contributed by atoms with E-state index in [1.165, 1.54) is 32.1 Å². The van der Waals surface area contributed by atoms with E-state index in [4.69, 9.17) is 5.73 Å². The highest BCUT2D eigenvalue weighted by Gasteiger charge is 2.23. The summed E-state index contributed by atoms with van der Waals surface area (Å²) in [5.74, 6) is 1.29. The van der Waals surface area contributed by atoms with Crippen molar-refractivity contribution in [2.24, 2.45) is 11.7 Å². The summed E-state index contributed by atoms with van der Waals surface area (Å²) in [4.78, 5) is 0. The van der Waals surface area contributed by atoms with E-state index in [-0.39, 0.29) is 6.04 Å². The van der Waals surface area contributed by atoms with Crippen LogP contribution in [0.2, 0.25) is 0 Å². The molecular formula is C8H15N5. The number of nitrogens with two attached hydrogens (primary N) is 1. The number of rotatable bonds is 2. The number of tetrazole rings is 1. The van der Waals surface area contributed by atoms with Crippen molar-refractivity contribution in [3.63, 3.8) is 0 Å². The van der Waals surface area contributed by atoms with Gasteiger partial charge in [0.05, 0.1) is 6.04 Å². The van der Waals surface area contributed by atoms with Crippen LogP contribution in [0.1, 0.15) is 44.0 Å². The monoisotopic (exact) mass is 181 g/mol. The van der Waals surface area contributed by atoms with Crippen LogP contribution in [-0.4, -0.2) is 20.6 Å². The Labute approximate surface area is 77.1 Å². The first-order chi connectivity index (χ1) is 6.38. The van der Waals surface area contributed by atoms with Gasteiger partial charge >= 0.3 is 0 Å². The normalized spacial score (nSPS) is 21.6. The van der Waals surface area contributed by atoms with Crippen molar-refractivity contribution >= 4 is 0 Å². The zero-order valence-corrected chi connectivity index (χ0v) is 7.61. The average molecular weight is 181 g/mol. The molecule has 0 amide bonds. The van der Waals surface area contributed by atoms with Crippen molar-refractivity contribution in [2.75, 3.05) is 0 Å². The summed E-state index contributed by atoms with van der Waals surface area (Å²) in [6, 6.07) is -0.00435. The summed E-state index contributed by atoms with van der Waals surface area (Å²) in [5, 5.41) is 13.7. The summed E-state index contributed by atoms with van der Waals surface area (Å²) in [7, 11) is 0. The molecule has 2 rings (SSSR count). The van der Waals surface area contributed by atoms with Crippen LogP contribution in [0.3, 0.4) is 0 Å². The molecule has 1 aliphatic carbocycles.